The topological polar surface area (TPSA) is 56.0 Å². The van der Waals surface area contributed by atoms with Crippen LogP contribution in [-0.2, 0) is 16.6 Å². The van der Waals surface area contributed by atoms with Gasteiger partial charge in [0.2, 0.25) is 0 Å². The number of anilines is 1. The molecule has 0 bridgehead atoms. The third-order valence-corrected chi connectivity index (χ3v) is 4.08. The molecule has 0 aliphatic rings. The number of hydrogen-bond acceptors (Lipinski definition) is 3. The van der Waals surface area contributed by atoms with Gasteiger partial charge in [-0.1, -0.05) is 23.7 Å². The molecule has 2 rings (SSSR count). The van der Waals surface area contributed by atoms with Gasteiger partial charge in [-0.15, -0.1) is 0 Å². The fraction of sp³-hybridized carbons (Fsp3) is 0.0833. The number of pyridine rings is 1. The van der Waals surface area contributed by atoms with Crippen molar-refractivity contribution in [2.45, 2.75) is 10.6 Å². The van der Waals surface area contributed by atoms with Gasteiger partial charge in [-0.2, -0.15) is 0 Å². The first-order valence-corrected chi connectivity index (χ1v) is 6.69. The number of rotatable bonds is 3. The Kier molecular flexibility index (Phi) is 3.76. The largest absolute Gasteiger partial charge is 0.398 e. The molecule has 17 heavy (non-hydrogen) atoms. The fourth-order valence-corrected chi connectivity index (χ4v) is 2.94. The predicted octanol–water partition coefficient (Wildman–Crippen LogP) is 2.63. The highest BCUT2D eigenvalue weighted by Gasteiger charge is 2.10. The van der Waals surface area contributed by atoms with Crippen LogP contribution < -0.4 is 5.73 Å². The number of hydrogen-bond donors (Lipinski definition) is 1. The summed E-state index contributed by atoms with van der Waals surface area (Å²) in [5.41, 5.74) is 7.12. The molecule has 0 radical (unpaired) electrons. The molecule has 0 spiro atoms. The molecule has 2 N–H and O–H groups in total. The third-order valence-electron chi connectivity index (χ3n) is 2.31. The van der Waals surface area contributed by atoms with E-state index in [-0.39, 0.29) is 0 Å². The summed E-state index contributed by atoms with van der Waals surface area (Å²) in [4.78, 5) is 4.53. The maximum Gasteiger partial charge on any atom is 0.0630 e. The minimum Gasteiger partial charge on any atom is -0.398 e. The molecule has 3 nitrogen and oxygen atoms in total. The summed E-state index contributed by atoms with van der Waals surface area (Å²) < 4.78 is 12.1. The van der Waals surface area contributed by atoms with Crippen molar-refractivity contribution in [2.75, 3.05) is 5.73 Å². The van der Waals surface area contributed by atoms with Gasteiger partial charge in [0.15, 0.2) is 0 Å². The molecule has 0 saturated heterocycles. The Hall–Kier alpha value is -1.39. The minimum absolute atomic E-state index is 0.343. The van der Waals surface area contributed by atoms with Crippen LogP contribution in [0.3, 0.4) is 0 Å². The van der Waals surface area contributed by atoms with Crippen molar-refractivity contribution in [2.24, 2.45) is 0 Å². The van der Waals surface area contributed by atoms with E-state index in [1.54, 1.807) is 30.6 Å². The van der Waals surface area contributed by atoms with Crippen LogP contribution in [-0.4, -0.2) is 9.19 Å². The van der Waals surface area contributed by atoms with E-state index in [4.69, 9.17) is 17.3 Å². The van der Waals surface area contributed by atoms with Gasteiger partial charge in [0, 0.05) is 18.1 Å². The predicted molar refractivity (Wildman–Crippen MR) is 70.2 cm³/mol. The summed E-state index contributed by atoms with van der Waals surface area (Å²) in [7, 11) is -1.19. The molecule has 0 fully saturated rings. The van der Waals surface area contributed by atoms with Crippen LogP contribution in [0, 0.1) is 0 Å². The number of nitrogen functional groups attached to an aromatic ring is 1. The van der Waals surface area contributed by atoms with E-state index >= 15 is 0 Å². The van der Waals surface area contributed by atoms with E-state index in [1.165, 1.54) is 0 Å². The van der Waals surface area contributed by atoms with Crippen molar-refractivity contribution in [1.82, 2.24) is 4.98 Å². The first kappa shape index (κ1) is 12.1. The lowest BCUT2D eigenvalue weighted by atomic mass is 10.3. The van der Waals surface area contributed by atoms with E-state index in [2.05, 4.69) is 4.98 Å². The number of nitrogens with zero attached hydrogens (tertiary/aromatic N) is 1. The number of nitrogens with two attached hydrogens (primary N) is 1. The summed E-state index contributed by atoms with van der Waals surface area (Å²) in [6, 6.07) is 8.90. The zero-order valence-corrected chi connectivity index (χ0v) is 10.5. The molecule has 0 saturated carbocycles. The second kappa shape index (κ2) is 5.29. The Bertz CT molecular complexity index is 560. The van der Waals surface area contributed by atoms with Gasteiger partial charge < -0.3 is 5.73 Å². The molecule has 2 aromatic rings. The Morgan fingerprint density at radius 3 is 2.76 bits per heavy atom. The normalized spacial score (nSPS) is 12.3. The second-order valence-electron chi connectivity index (χ2n) is 3.49. The van der Waals surface area contributed by atoms with Crippen molar-refractivity contribution < 1.29 is 4.21 Å². The smallest absolute Gasteiger partial charge is 0.0630 e. The van der Waals surface area contributed by atoms with E-state index in [0.29, 0.717) is 21.4 Å². The minimum atomic E-state index is -1.19. The Balaban J connectivity index is 2.24. The molecule has 1 aromatic carbocycles. The highest BCUT2D eigenvalue weighted by atomic mass is 35.5. The molecule has 1 unspecified atom stereocenters. The first-order chi connectivity index (χ1) is 8.18. The average Bonchev–Trinajstić information content (AvgIpc) is 2.32. The van der Waals surface area contributed by atoms with Crippen molar-refractivity contribution in [3.8, 4) is 0 Å². The third kappa shape index (κ3) is 2.84. The van der Waals surface area contributed by atoms with Crippen LogP contribution in [0.4, 0.5) is 5.69 Å². The van der Waals surface area contributed by atoms with Crippen LogP contribution in [0.25, 0.3) is 0 Å². The molecular formula is C12H11ClN2OS. The average molecular weight is 267 g/mol. The highest BCUT2D eigenvalue weighted by Crippen LogP contribution is 2.21. The van der Waals surface area contributed by atoms with Crippen molar-refractivity contribution in [3.63, 3.8) is 0 Å². The van der Waals surface area contributed by atoms with Crippen LogP contribution in [0.5, 0.6) is 0 Å². The van der Waals surface area contributed by atoms with Crippen LogP contribution in [0.15, 0.2) is 47.6 Å². The SMILES string of the molecule is Nc1ccccc1S(=O)Cc1ccncc1Cl. The van der Waals surface area contributed by atoms with Gasteiger partial charge in [0.05, 0.1) is 26.5 Å². The molecule has 0 aliphatic heterocycles. The maximum absolute atomic E-state index is 12.1. The lowest BCUT2D eigenvalue weighted by Crippen LogP contribution is -2.01. The fourth-order valence-electron chi connectivity index (χ4n) is 1.43. The molecule has 1 heterocycles. The molecule has 1 aromatic heterocycles. The summed E-state index contributed by atoms with van der Waals surface area (Å²) >= 11 is 5.97. The van der Waals surface area contributed by atoms with Crippen molar-refractivity contribution >= 4 is 28.1 Å². The zero-order valence-electron chi connectivity index (χ0n) is 8.97. The zero-order chi connectivity index (χ0) is 12.3. The second-order valence-corrected chi connectivity index (χ2v) is 5.32. The highest BCUT2D eigenvalue weighted by molar-refractivity contribution is 7.84. The van der Waals surface area contributed by atoms with Gasteiger partial charge >= 0.3 is 0 Å². The van der Waals surface area contributed by atoms with E-state index in [9.17, 15) is 4.21 Å². The lowest BCUT2D eigenvalue weighted by Gasteiger charge is -2.06. The van der Waals surface area contributed by atoms with Gasteiger partial charge in [0.1, 0.15) is 0 Å². The Morgan fingerprint density at radius 1 is 1.29 bits per heavy atom. The van der Waals surface area contributed by atoms with Gasteiger partial charge in [-0.05, 0) is 23.8 Å². The van der Waals surface area contributed by atoms with Gasteiger partial charge in [-0.3, -0.25) is 9.19 Å². The van der Waals surface area contributed by atoms with Gasteiger partial charge in [0.25, 0.3) is 0 Å². The van der Waals surface area contributed by atoms with Crippen LogP contribution in [0.1, 0.15) is 5.56 Å². The standard InChI is InChI=1S/C12H11ClN2OS/c13-10-7-15-6-5-9(10)8-17(16)12-4-2-1-3-11(12)14/h1-7H,8,14H2. The van der Waals surface area contributed by atoms with E-state index in [0.717, 1.165) is 5.56 Å². The quantitative estimate of drug-likeness (QED) is 0.869. The molecule has 88 valence electrons. The van der Waals surface area contributed by atoms with Crippen molar-refractivity contribution in [3.05, 3.63) is 53.3 Å². The molecule has 1 atom stereocenters. The maximum atomic E-state index is 12.1. The molecule has 0 aliphatic carbocycles. The number of benzene rings is 1. The van der Waals surface area contributed by atoms with Gasteiger partial charge in [-0.25, -0.2) is 0 Å². The lowest BCUT2D eigenvalue weighted by molar-refractivity contribution is 0.683. The van der Waals surface area contributed by atoms with Crippen LogP contribution in [0.2, 0.25) is 5.02 Å². The van der Waals surface area contributed by atoms with E-state index < -0.39 is 10.8 Å². The first-order valence-electron chi connectivity index (χ1n) is 5.00. The molecule has 0 amide bonds. The summed E-state index contributed by atoms with van der Waals surface area (Å²) in [6.45, 7) is 0. The number of para-hydroxylation sites is 1. The monoisotopic (exact) mass is 266 g/mol. The van der Waals surface area contributed by atoms with Crippen molar-refractivity contribution in [1.29, 1.82) is 0 Å². The number of aromatic nitrogens is 1. The van der Waals surface area contributed by atoms with E-state index in [1.807, 2.05) is 12.1 Å². The summed E-state index contributed by atoms with van der Waals surface area (Å²) in [6.07, 6.45) is 3.18. The number of halogens is 1. The molecular weight excluding hydrogens is 256 g/mol. The molecule has 5 heteroatoms. The summed E-state index contributed by atoms with van der Waals surface area (Å²) in [5.74, 6) is 0.343. The summed E-state index contributed by atoms with van der Waals surface area (Å²) in [5, 5.41) is 0.523. The van der Waals surface area contributed by atoms with Crippen LogP contribution >= 0.6 is 11.6 Å². The Morgan fingerprint density at radius 2 is 2.06 bits per heavy atom. The Labute approximate surface area is 107 Å².